The van der Waals surface area contributed by atoms with Gasteiger partial charge in [-0.05, 0) is 47.7 Å². The first-order valence-electron chi connectivity index (χ1n) is 16.3. The average Bonchev–Trinajstić information content (AvgIpc) is 3.62. The number of para-hydroxylation sites is 1. The largest absolute Gasteiger partial charge is 0.465 e. The molecule has 0 saturated carbocycles. The summed E-state index contributed by atoms with van der Waals surface area (Å²) in [6, 6.07) is 28.2. The lowest BCUT2D eigenvalue weighted by Gasteiger charge is -2.33. The number of hydrogen-bond acceptors (Lipinski definition) is 8. The Labute approximate surface area is 290 Å². The second-order valence-electron chi connectivity index (χ2n) is 12.2. The van der Waals surface area contributed by atoms with Gasteiger partial charge in [-0.1, -0.05) is 84.1 Å². The second-order valence-corrected chi connectivity index (χ2v) is 14.0. The summed E-state index contributed by atoms with van der Waals surface area (Å²) >= 11 is 0. The van der Waals surface area contributed by atoms with Crippen molar-refractivity contribution in [2.24, 2.45) is 0 Å². The van der Waals surface area contributed by atoms with Gasteiger partial charge in [-0.25, -0.2) is 22.4 Å². The van der Waals surface area contributed by atoms with Gasteiger partial charge in [0.2, 0.25) is 15.9 Å². The molecule has 0 spiro atoms. The number of carbonyl (C=O) groups is 2. The molecular weight excluding hydrogens is 659 g/mol. The molecule has 0 radical (unpaired) electrons. The summed E-state index contributed by atoms with van der Waals surface area (Å²) in [4.78, 5) is 27.6. The quantitative estimate of drug-likeness (QED) is 0.143. The van der Waals surface area contributed by atoms with Gasteiger partial charge in [-0.3, -0.25) is 9.69 Å². The predicted molar refractivity (Wildman–Crippen MR) is 187 cm³/mol. The number of likely N-dealkylation sites (N-methyl/N-ethyl adjacent to an activating group) is 1. The Hall–Kier alpha value is -5.15. The molecule has 260 valence electrons. The van der Waals surface area contributed by atoms with Crippen molar-refractivity contribution < 1.29 is 27.9 Å². The number of rotatable bonds is 13. The smallest absolute Gasteiger partial charge is 0.407 e. The van der Waals surface area contributed by atoms with Gasteiger partial charge in [0.15, 0.2) is 0 Å². The van der Waals surface area contributed by atoms with Gasteiger partial charge < -0.3 is 20.5 Å². The number of fused-ring (bicyclic) bond motifs is 1. The van der Waals surface area contributed by atoms with Gasteiger partial charge in [-0.15, -0.1) is 5.10 Å². The molecule has 1 aliphatic heterocycles. The minimum atomic E-state index is -3.76. The summed E-state index contributed by atoms with van der Waals surface area (Å²) in [7, 11) is -2.34. The van der Waals surface area contributed by atoms with Crippen LogP contribution in [-0.4, -0.2) is 90.2 Å². The zero-order valence-corrected chi connectivity index (χ0v) is 28.2. The molecule has 3 heterocycles. The predicted octanol–water partition coefficient (Wildman–Crippen LogP) is 3.75. The van der Waals surface area contributed by atoms with Crippen LogP contribution in [0.1, 0.15) is 29.0 Å². The number of nitrogens with zero attached hydrogens (tertiary/aromatic N) is 4. The molecule has 3 atom stereocenters. The zero-order chi connectivity index (χ0) is 35.1. The SMILES string of the molecule is CN(C(=O)O)[C@H](C(=O)Nc1ccccc1CC[C@@H]1CN[C@H](CNS(=O)(=O)c2ccc3cnnn3c2)CO1)C(c1ccccc1)c1ccccc1. The first-order valence-corrected chi connectivity index (χ1v) is 17.8. The van der Waals surface area contributed by atoms with Gasteiger partial charge in [0.25, 0.3) is 0 Å². The Morgan fingerprint density at radius 2 is 1.68 bits per heavy atom. The molecule has 4 N–H and O–H groups in total. The number of hydrogen-bond donors (Lipinski definition) is 4. The summed E-state index contributed by atoms with van der Waals surface area (Å²) in [5.74, 6) is -0.996. The maximum atomic E-state index is 14.1. The topological polar surface area (TPSA) is 167 Å². The van der Waals surface area contributed by atoms with E-state index in [1.54, 1.807) is 12.3 Å². The molecular formula is C36H39N7O6S. The van der Waals surface area contributed by atoms with Crippen LogP contribution in [0.25, 0.3) is 5.52 Å². The Bertz CT molecular complexity index is 1980. The van der Waals surface area contributed by atoms with Crippen LogP contribution in [0.5, 0.6) is 0 Å². The lowest BCUT2D eigenvalue weighted by Crippen LogP contribution is -2.51. The van der Waals surface area contributed by atoms with Crippen molar-refractivity contribution in [2.75, 3.05) is 32.1 Å². The molecule has 13 nitrogen and oxygen atoms in total. The van der Waals surface area contributed by atoms with E-state index in [0.717, 1.165) is 21.6 Å². The maximum absolute atomic E-state index is 14.1. The molecule has 1 aliphatic rings. The fraction of sp³-hybridized carbons (Fsp3) is 0.278. The number of aromatic nitrogens is 3. The first kappa shape index (κ1) is 34.7. The Balaban J connectivity index is 1.08. The minimum absolute atomic E-state index is 0.0902. The summed E-state index contributed by atoms with van der Waals surface area (Å²) in [5.41, 5.74) is 3.82. The zero-order valence-electron chi connectivity index (χ0n) is 27.4. The van der Waals surface area contributed by atoms with Crippen molar-refractivity contribution in [3.8, 4) is 0 Å². The molecule has 5 aromatic rings. The molecule has 1 saturated heterocycles. The number of carboxylic acid groups (broad SMARTS) is 1. The fourth-order valence-electron chi connectivity index (χ4n) is 6.17. The Kier molecular flexibility index (Phi) is 10.8. The third kappa shape index (κ3) is 8.17. The van der Waals surface area contributed by atoms with E-state index in [2.05, 4.69) is 25.7 Å². The summed E-state index contributed by atoms with van der Waals surface area (Å²) in [6.45, 7) is 0.989. The van der Waals surface area contributed by atoms with Crippen LogP contribution in [0.3, 0.4) is 0 Å². The number of anilines is 1. The first-order chi connectivity index (χ1) is 24.2. The monoisotopic (exact) mass is 697 g/mol. The minimum Gasteiger partial charge on any atom is -0.465 e. The third-order valence-corrected chi connectivity index (χ3v) is 10.3. The highest BCUT2D eigenvalue weighted by Crippen LogP contribution is 2.32. The number of sulfonamides is 1. The molecule has 2 amide bonds. The van der Waals surface area contributed by atoms with Crippen molar-refractivity contribution in [3.63, 3.8) is 0 Å². The number of amides is 2. The average molecular weight is 698 g/mol. The van der Waals surface area contributed by atoms with Gasteiger partial charge in [0.05, 0.1) is 30.6 Å². The molecule has 50 heavy (non-hydrogen) atoms. The van der Waals surface area contributed by atoms with E-state index in [-0.39, 0.29) is 23.6 Å². The van der Waals surface area contributed by atoms with Crippen LogP contribution >= 0.6 is 0 Å². The highest BCUT2D eigenvalue weighted by Gasteiger charge is 2.37. The lowest BCUT2D eigenvalue weighted by molar-refractivity contribution is -0.120. The second kappa shape index (κ2) is 15.6. The molecule has 0 unspecified atom stereocenters. The van der Waals surface area contributed by atoms with E-state index in [1.165, 1.54) is 23.8 Å². The van der Waals surface area contributed by atoms with E-state index in [1.807, 2.05) is 84.9 Å². The van der Waals surface area contributed by atoms with Crippen LogP contribution in [-0.2, 0) is 26.0 Å². The number of carbonyl (C=O) groups excluding carboxylic acids is 1. The summed E-state index contributed by atoms with van der Waals surface area (Å²) < 4.78 is 35.9. The molecule has 3 aromatic carbocycles. The fourth-order valence-corrected chi connectivity index (χ4v) is 7.24. The Morgan fingerprint density at radius 1 is 1.00 bits per heavy atom. The van der Waals surface area contributed by atoms with Crippen LogP contribution in [0.2, 0.25) is 0 Å². The van der Waals surface area contributed by atoms with Crippen LogP contribution in [0.4, 0.5) is 10.5 Å². The van der Waals surface area contributed by atoms with Crippen molar-refractivity contribution in [1.29, 1.82) is 0 Å². The van der Waals surface area contributed by atoms with Gasteiger partial charge in [0, 0.05) is 37.8 Å². The van der Waals surface area contributed by atoms with Crippen molar-refractivity contribution in [1.82, 2.24) is 29.8 Å². The van der Waals surface area contributed by atoms with Gasteiger partial charge in [-0.2, -0.15) is 0 Å². The molecule has 0 bridgehead atoms. The van der Waals surface area contributed by atoms with E-state index < -0.39 is 34.0 Å². The number of ether oxygens (including phenoxy) is 1. The molecule has 14 heteroatoms. The number of morpholine rings is 1. The lowest BCUT2D eigenvalue weighted by atomic mass is 9.84. The molecule has 2 aromatic heterocycles. The number of pyridine rings is 1. The number of nitrogens with one attached hydrogen (secondary N) is 3. The van der Waals surface area contributed by atoms with E-state index >= 15 is 0 Å². The van der Waals surface area contributed by atoms with Crippen molar-refractivity contribution in [2.45, 2.75) is 41.8 Å². The Morgan fingerprint density at radius 3 is 2.34 bits per heavy atom. The van der Waals surface area contributed by atoms with E-state index in [0.29, 0.717) is 37.2 Å². The standard InChI is InChI=1S/C36H39N7O6S/c1-42(36(45)46)34(33(26-11-4-2-5-12-26)27-13-6-3-7-14-27)35(44)40-32-15-9-8-10-25(32)16-18-30-22-37-28(24-49-30)20-39-50(47,48)31-19-17-29-21-38-41-43(29)23-31/h2-15,17,19,21,23,28,30,33-34,37,39H,16,18,20,22,24H2,1H3,(H,40,44)(H,45,46)/t28-,30-,34+/m1/s1. The molecule has 1 fully saturated rings. The normalized spacial score (nSPS) is 17.0. The molecule has 0 aliphatic carbocycles. The van der Waals surface area contributed by atoms with Crippen LogP contribution < -0.4 is 15.4 Å². The summed E-state index contributed by atoms with van der Waals surface area (Å²) in [6.07, 6.45) is 2.85. The molecule has 6 rings (SSSR count). The van der Waals surface area contributed by atoms with Crippen molar-refractivity contribution >= 4 is 33.2 Å². The van der Waals surface area contributed by atoms with Gasteiger partial charge >= 0.3 is 6.09 Å². The van der Waals surface area contributed by atoms with E-state index in [9.17, 15) is 23.1 Å². The summed E-state index contributed by atoms with van der Waals surface area (Å²) in [5, 5.41) is 24.1. The highest BCUT2D eigenvalue weighted by molar-refractivity contribution is 7.89. The van der Waals surface area contributed by atoms with Crippen LogP contribution in [0, 0.1) is 0 Å². The van der Waals surface area contributed by atoms with Crippen molar-refractivity contribution in [3.05, 3.63) is 126 Å². The van der Waals surface area contributed by atoms with E-state index in [4.69, 9.17) is 4.74 Å². The maximum Gasteiger partial charge on any atom is 0.407 e. The number of benzene rings is 3. The highest BCUT2D eigenvalue weighted by atomic mass is 32.2. The van der Waals surface area contributed by atoms with Gasteiger partial charge in [0.1, 0.15) is 10.9 Å². The van der Waals surface area contributed by atoms with Crippen LogP contribution in [0.15, 0.2) is 114 Å². The number of aryl methyl sites for hydroxylation is 1. The third-order valence-electron chi connectivity index (χ3n) is 8.90.